The van der Waals surface area contributed by atoms with Crippen molar-refractivity contribution in [2.45, 2.75) is 71.8 Å². The van der Waals surface area contributed by atoms with Crippen LogP contribution < -0.4 is 37.9 Å². The van der Waals surface area contributed by atoms with Gasteiger partial charge in [0.1, 0.15) is 41.9 Å². The number of amides is 3. The number of ether oxygens (including phenoxy) is 3. The Kier molecular flexibility index (Phi) is 24.8. The molecular weight excluding hydrogens is 1210 g/mol. The number of hydrogen-bond acceptors (Lipinski definition) is 20. The number of carboxylic acids is 1. The summed E-state index contributed by atoms with van der Waals surface area (Å²) in [5.41, 5.74) is 11.8. The number of aromatic carboxylic acids is 1. The summed E-state index contributed by atoms with van der Waals surface area (Å²) in [5.74, 6) is 5.14. The first-order valence-electron chi connectivity index (χ1n) is 25.6. The summed E-state index contributed by atoms with van der Waals surface area (Å²) in [6.07, 6.45) is -0.903. The van der Waals surface area contributed by atoms with Crippen LogP contribution in [0.4, 0.5) is 10.5 Å². The first-order valence-corrected chi connectivity index (χ1v) is 32.6. The van der Waals surface area contributed by atoms with E-state index in [1.807, 2.05) is 52.0 Å². The molecule has 3 amide bonds. The van der Waals surface area contributed by atoms with Crippen molar-refractivity contribution in [1.29, 1.82) is 0 Å². The fraction of sp³-hybridized carbons (Fsp3) is 0.429. The number of unbranched alkanes of at least 4 members (excludes halogenated alkanes) is 2. The van der Waals surface area contributed by atoms with Crippen LogP contribution in [0.25, 0.3) is 43.9 Å². The topological polar surface area (TPSA) is 436 Å². The molecule has 2 aliphatic heterocycles. The number of aryl methyl sites for hydroxylation is 2. The summed E-state index contributed by atoms with van der Waals surface area (Å²) in [5, 5.41) is 26.6. The molecule has 10 N–H and O–H groups in total. The summed E-state index contributed by atoms with van der Waals surface area (Å²) in [6, 6.07) is 11.7. The van der Waals surface area contributed by atoms with Crippen molar-refractivity contribution in [3.63, 3.8) is 0 Å². The van der Waals surface area contributed by atoms with Gasteiger partial charge in [0.25, 0.3) is 11.5 Å². The molecule has 3 aromatic rings. The van der Waals surface area contributed by atoms with Crippen LogP contribution >= 0.6 is 45.1 Å². The van der Waals surface area contributed by atoms with Crippen LogP contribution in [0.3, 0.4) is 0 Å². The maximum atomic E-state index is 13.5. The minimum absolute atomic E-state index is 0.0360. The SMILES string of the molecule is CCN=c1cc2oc3cc(NCC)c(C)cc3c(-c3cc(C(=O)NCCSSCOCCCCCNC(=O)NCC#Cc4cn([C@H]5C[C@H](OCN=[N+]=[N-])[C@@H](COP(=O)(O)OP(=O)(O)OP(=O)(O)O)O5)c(=O)[nH]c4=O)ccc3C(=O)O)c-2cc1C. The molecule has 3 heterocycles. The summed E-state index contributed by atoms with van der Waals surface area (Å²) < 4.78 is 71.2. The third kappa shape index (κ3) is 19.6. The second-order valence-corrected chi connectivity index (χ2v) is 25.0. The zero-order valence-electron chi connectivity index (χ0n) is 45.5. The maximum Gasteiger partial charge on any atom is 0.490 e. The first-order chi connectivity index (χ1) is 39.9. The van der Waals surface area contributed by atoms with Gasteiger partial charge in [0.05, 0.1) is 30.2 Å². The predicted octanol–water partition coefficient (Wildman–Crippen LogP) is 6.61. The Morgan fingerprint density at radius 1 is 0.940 bits per heavy atom. The molecule has 0 bridgehead atoms. The monoisotopic (exact) mass is 1270 g/mol. The third-order valence-electron chi connectivity index (χ3n) is 12.0. The summed E-state index contributed by atoms with van der Waals surface area (Å²) in [7, 11) is -14.1. The number of carboxylic acid groups (broad SMARTS) is 1. The van der Waals surface area contributed by atoms with Gasteiger partial charge in [-0.2, -0.15) is 8.62 Å². The Bertz CT molecular complexity index is 3640. The molecule has 3 aliphatic rings. The van der Waals surface area contributed by atoms with Gasteiger partial charge < -0.3 is 64.6 Å². The number of urea groups is 1. The number of azide groups is 1. The Balaban J connectivity index is 0.897. The number of hydrogen-bond donors (Lipinski definition) is 10. The number of phosphoric acid groups is 3. The molecule has 35 heteroatoms. The Labute approximate surface area is 486 Å². The summed E-state index contributed by atoms with van der Waals surface area (Å²) in [6.45, 7) is 8.50. The Morgan fingerprint density at radius 3 is 2.45 bits per heavy atom. The minimum Gasteiger partial charge on any atom is -0.478 e. The minimum atomic E-state index is -5.84. The molecule has 1 saturated heterocycles. The fourth-order valence-electron chi connectivity index (χ4n) is 8.42. The van der Waals surface area contributed by atoms with Crippen molar-refractivity contribution in [1.82, 2.24) is 25.5 Å². The number of fused-ring (bicyclic) bond motifs is 2. The molecular formula is C49H61N10O20P3S2. The van der Waals surface area contributed by atoms with Crippen LogP contribution in [-0.4, -0.2) is 129 Å². The summed E-state index contributed by atoms with van der Waals surface area (Å²) >= 11 is 0. The molecule has 1 fully saturated rings. The smallest absolute Gasteiger partial charge is 0.478 e. The lowest BCUT2D eigenvalue weighted by atomic mass is 9.88. The third-order valence-corrected chi connectivity index (χ3v) is 17.9. The van der Waals surface area contributed by atoms with Gasteiger partial charge in [-0.05, 0) is 99.5 Å². The number of aromatic amines is 1. The van der Waals surface area contributed by atoms with E-state index in [1.54, 1.807) is 6.07 Å². The van der Waals surface area contributed by atoms with E-state index >= 15 is 0 Å². The van der Waals surface area contributed by atoms with Crippen LogP contribution in [0.2, 0.25) is 0 Å². The van der Waals surface area contributed by atoms with E-state index in [4.69, 9.17) is 33.9 Å². The predicted molar refractivity (Wildman–Crippen MR) is 309 cm³/mol. The van der Waals surface area contributed by atoms with E-state index < -0.39 is 78.5 Å². The lowest BCUT2D eigenvalue weighted by Crippen LogP contribution is -2.36. The first kappa shape index (κ1) is 66.8. The lowest BCUT2D eigenvalue weighted by Gasteiger charge is -2.20. The van der Waals surface area contributed by atoms with Crippen LogP contribution in [0, 0.1) is 25.7 Å². The lowest BCUT2D eigenvalue weighted by molar-refractivity contribution is -0.0601. The van der Waals surface area contributed by atoms with Crippen molar-refractivity contribution < 1.29 is 84.5 Å². The normalized spacial score (nSPS) is 16.7. The van der Waals surface area contributed by atoms with E-state index in [1.165, 1.54) is 33.7 Å². The van der Waals surface area contributed by atoms with Gasteiger partial charge in [-0.25, -0.2) is 28.1 Å². The van der Waals surface area contributed by atoms with Gasteiger partial charge in [-0.3, -0.25) is 28.7 Å². The number of rotatable bonds is 30. The van der Waals surface area contributed by atoms with Crippen molar-refractivity contribution >= 4 is 79.6 Å². The molecule has 84 heavy (non-hydrogen) atoms. The van der Waals surface area contributed by atoms with Crippen LogP contribution in [-0.2, 0) is 41.1 Å². The zero-order chi connectivity index (χ0) is 61.2. The molecule has 5 atom stereocenters. The van der Waals surface area contributed by atoms with E-state index in [2.05, 4.69) is 66.3 Å². The van der Waals surface area contributed by atoms with E-state index in [0.29, 0.717) is 89.9 Å². The zero-order valence-corrected chi connectivity index (χ0v) is 49.8. The number of nitrogens with zero attached hydrogens (tertiary/aromatic N) is 5. The summed E-state index contributed by atoms with van der Waals surface area (Å²) in [4.78, 5) is 110. The highest BCUT2D eigenvalue weighted by Gasteiger charge is 2.44. The van der Waals surface area contributed by atoms with Gasteiger partial charge in [-0.1, -0.05) is 38.5 Å². The molecule has 6 rings (SSSR count). The molecule has 30 nitrogen and oxygen atoms in total. The van der Waals surface area contributed by atoms with Gasteiger partial charge in [0.2, 0.25) is 0 Å². The van der Waals surface area contributed by atoms with Crippen LogP contribution in [0.1, 0.15) is 83.2 Å². The number of anilines is 1. The largest absolute Gasteiger partial charge is 0.490 e. The van der Waals surface area contributed by atoms with E-state index in [0.717, 1.165) is 45.8 Å². The van der Waals surface area contributed by atoms with Crippen molar-refractivity contribution in [3.8, 4) is 34.3 Å². The van der Waals surface area contributed by atoms with Crippen molar-refractivity contribution in [2.24, 2.45) is 10.1 Å². The number of nitrogens with one attached hydrogen (secondary N) is 5. The molecule has 454 valence electrons. The number of carbonyl (C=O) groups is 3. The standard InChI is InChI=1S/C49H61N10O20P3S2/c1-5-51-37-22-39-35(19-29(37)3)44(36-20-30(4)38(52-6-2)23-40(36)76-39)34-21-31(12-13-33(34)47(62)63)45(60)53-16-18-83-84-28-73-17-9-7-8-14-54-48(64)55-15-10-11-32-25-59(49(65)57-46(32)61)43-24-41(74-27-56-58-50)42(77-43)26-75-81(69,70)79-82(71,72)78-80(66,67)68/h12-13,19-23,25,41-43,51H,5-9,14-18,24,26-28H2,1-4H3,(H,53,60)(H,62,63)(H,69,70)(H,71,72)(H2,54,55,64)(H,57,61,65)(H2,66,67,68)/t41-,42+,43+/m0/s1. The molecule has 2 unspecified atom stereocenters. The number of aromatic nitrogens is 2. The molecule has 0 spiro atoms. The highest BCUT2D eigenvalue weighted by molar-refractivity contribution is 8.76. The van der Waals surface area contributed by atoms with Crippen LogP contribution in [0.15, 0.2) is 72.8 Å². The number of benzene rings is 3. The average molecular weight is 1270 g/mol. The maximum absolute atomic E-state index is 13.5. The molecule has 2 aromatic carbocycles. The number of phosphoric ester groups is 1. The quantitative estimate of drug-likeness (QED) is 0.00266. The average Bonchev–Trinajstić information content (AvgIpc) is 3.88. The highest BCUT2D eigenvalue weighted by Crippen LogP contribution is 2.66. The number of carbonyl (C=O) groups excluding carboxylic acids is 2. The van der Waals surface area contributed by atoms with Gasteiger partial charge >= 0.3 is 41.2 Å². The highest BCUT2D eigenvalue weighted by atomic mass is 33.1. The van der Waals surface area contributed by atoms with E-state index in [-0.39, 0.29) is 30.0 Å². The second-order valence-electron chi connectivity index (χ2n) is 18.1. The van der Waals surface area contributed by atoms with Gasteiger partial charge in [0, 0.05) is 96.0 Å². The van der Waals surface area contributed by atoms with Crippen LogP contribution in [0.5, 0.6) is 0 Å². The molecule has 0 radical (unpaired) electrons. The number of H-pyrrole nitrogens is 1. The molecule has 0 saturated carbocycles. The second kappa shape index (κ2) is 31.2. The Hall–Kier alpha value is -6.32. The molecule has 1 aromatic heterocycles. The van der Waals surface area contributed by atoms with Crippen molar-refractivity contribution in [2.75, 3.05) is 69.7 Å². The molecule has 1 aliphatic carbocycles. The van der Waals surface area contributed by atoms with Gasteiger partial charge in [0.15, 0.2) is 0 Å². The fourth-order valence-corrected chi connectivity index (χ4v) is 13.0. The van der Waals surface area contributed by atoms with Gasteiger partial charge in [-0.15, -0.1) is 0 Å². The van der Waals surface area contributed by atoms with E-state index in [9.17, 15) is 52.6 Å². The Morgan fingerprint density at radius 2 is 1.73 bits per heavy atom. The van der Waals surface area contributed by atoms with Crippen molar-refractivity contribution in [3.05, 3.63) is 113 Å².